The van der Waals surface area contributed by atoms with Crippen LogP contribution < -0.4 is 21.3 Å². The van der Waals surface area contributed by atoms with Crippen LogP contribution in [0.5, 0.6) is 0 Å². The molecular weight excluding hydrogens is 382 g/mol. The minimum Gasteiger partial charge on any atom is -0.388 e. The van der Waals surface area contributed by atoms with Gasteiger partial charge in [-0.25, -0.2) is 9.97 Å². The Labute approximate surface area is 174 Å². The molecule has 1 fully saturated rings. The van der Waals surface area contributed by atoms with E-state index in [9.17, 15) is 4.79 Å². The SMILES string of the molecule is CNc1ccc(-c2cnc(N)c(C(=O)Nc3cnccc3N3CCOCC3)n2)cc1. The molecule has 4 N–H and O–H groups in total. The molecular formula is C21H23N7O2. The molecule has 0 saturated carbocycles. The zero-order valence-corrected chi connectivity index (χ0v) is 16.6. The third kappa shape index (κ3) is 4.15. The predicted molar refractivity (Wildman–Crippen MR) is 117 cm³/mol. The summed E-state index contributed by atoms with van der Waals surface area (Å²) in [7, 11) is 1.85. The van der Waals surface area contributed by atoms with E-state index < -0.39 is 5.91 Å². The lowest BCUT2D eigenvalue weighted by Crippen LogP contribution is -2.36. The van der Waals surface area contributed by atoms with E-state index in [4.69, 9.17) is 10.5 Å². The van der Waals surface area contributed by atoms with Crippen LogP contribution in [0.1, 0.15) is 10.5 Å². The van der Waals surface area contributed by atoms with Crippen LogP contribution in [0.3, 0.4) is 0 Å². The molecule has 0 radical (unpaired) electrons. The van der Waals surface area contributed by atoms with E-state index in [0.717, 1.165) is 30.0 Å². The van der Waals surface area contributed by atoms with E-state index in [-0.39, 0.29) is 11.5 Å². The van der Waals surface area contributed by atoms with Crippen molar-refractivity contribution in [3.05, 3.63) is 54.6 Å². The van der Waals surface area contributed by atoms with Gasteiger partial charge in [-0.05, 0) is 18.2 Å². The number of hydrogen-bond acceptors (Lipinski definition) is 8. The maximum atomic E-state index is 13.0. The number of aromatic nitrogens is 3. The van der Waals surface area contributed by atoms with E-state index in [1.54, 1.807) is 18.6 Å². The van der Waals surface area contributed by atoms with Gasteiger partial charge in [0.05, 0.1) is 42.7 Å². The Hall–Kier alpha value is -3.72. The third-order valence-electron chi connectivity index (χ3n) is 4.88. The van der Waals surface area contributed by atoms with Crippen molar-refractivity contribution in [1.29, 1.82) is 0 Å². The molecule has 3 aromatic rings. The summed E-state index contributed by atoms with van der Waals surface area (Å²) in [4.78, 5) is 27.9. The number of nitrogens with two attached hydrogens (primary N) is 1. The zero-order chi connectivity index (χ0) is 20.9. The Morgan fingerprint density at radius 2 is 1.90 bits per heavy atom. The quantitative estimate of drug-likeness (QED) is 0.591. The number of nitrogens with zero attached hydrogens (tertiary/aromatic N) is 4. The molecule has 9 nitrogen and oxygen atoms in total. The first kappa shape index (κ1) is 19.6. The van der Waals surface area contributed by atoms with Gasteiger partial charge < -0.3 is 26.0 Å². The van der Waals surface area contributed by atoms with Gasteiger partial charge >= 0.3 is 0 Å². The number of carbonyl (C=O) groups excluding carboxylic acids is 1. The number of carbonyl (C=O) groups is 1. The van der Waals surface area contributed by atoms with Crippen LogP contribution in [0.15, 0.2) is 48.9 Å². The van der Waals surface area contributed by atoms with Gasteiger partial charge in [-0.3, -0.25) is 9.78 Å². The molecule has 0 atom stereocenters. The number of nitrogens with one attached hydrogen (secondary N) is 2. The summed E-state index contributed by atoms with van der Waals surface area (Å²) >= 11 is 0. The average molecular weight is 405 g/mol. The first-order chi connectivity index (χ1) is 14.7. The number of morpholine rings is 1. The number of ether oxygens (including phenoxy) is 1. The highest BCUT2D eigenvalue weighted by Crippen LogP contribution is 2.27. The number of benzene rings is 1. The average Bonchev–Trinajstić information content (AvgIpc) is 2.80. The second kappa shape index (κ2) is 8.75. The van der Waals surface area contributed by atoms with E-state index >= 15 is 0 Å². The molecule has 3 heterocycles. The standard InChI is InChI=1S/C21H23N7O2/c1-23-15-4-2-14(3-5-15)16-13-25-20(22)19(26-16)21(29)27-17-12-24-7-6-18(17)28-8-10-30-11-9-28/h2-7,12-13,23H,8-11H2,1H3,(H2,22,25)(H,27,29). The summed E-state index contributed by atoms with van der Waals surface area (Å²) in [5, 5.41) is 5.95. The number of rotatable bonds is 5. The summed E-state index contributed by atoms with van der Waals surface area (Å²) in [6.07, 6.45) is 4.88. The van der Waals surface area contributed by atoms with Gasteiger partial charge in [0.15, 0.2) is 11.5 Å². The van der Waals surface area contributed by atoms with Crippen molar-refractivity contribution in [1.82, 2.24) is 15.0 Å². The first-order valence-corrected chi connectivity index (χ1v) is 9.64. The van der Waals surface area contributed by atoms with Crippen LogP contribution >= 0.6 is 0 Å². The molecule has 0 bridgehead atoms. The molecule has 1 saturated heterocycles. The van der Waals surface area contributed by atoms with E-state index in [1.165, 1.54) is 0 Å². The second-order valence-corrected chi connectivity index (χ2v) is 6.76. The molecule has 0 aliphatic carbocycles. The smallest absolute Gasteiger partial charge is 0.278 e. The number of hydrogen-bond donors (Lipinski definition) is 3. The zero-order valence-electron chi connectivity index (χ0n) is 16.6. The number of anilines is 4. The van der Waals surface area contributed by atoms with Crippen LogP contribution in [-0.4, -0.2) is 54.2 Å². The van der Waals surface area contributed by atoms with Gasteiger partial charge in [-0.1, -0.05) is 12.1 Å². The molecule has 154 valence electrons. The Balaban J connectivity index is 1.59. The molecule has 1 aliphatic rings. The summed E-state index contributed by atoms with van der Waals surface area (Å²) in [5.41, 5.74) is 9.89. The lowest BCUT2D eigenvalue weighted by molar-refractivity contribution is 0.102. The molecule has 0 unspecified atom stereocenters. The van der Waals surface area contributed by atoms with Crippen molar-refractivity contribution in [2.75, 3.05) is 54.6 Å². The van der Waals surface area contributed by atoms with Crippen LogP contribution in [-0.2, 0) is 4.74 Å². The van der Waals surface area contributed by atoms with E-state index in [0.29, 0.717) is 24.6 Å². The van der Waals surface area contributed by atoms with E-state index in [1.807, 2.05) is 37.4 Å². The van der Waals surface area contributed by atoms with Crippen molar-refractivity contribution < 1.29 is 9.53 Å². The topological polar surface area (TPSA) is 118 Å². The van der Waals surface area contributed by atoms with Crippen LogP contribution in [0.25, 0.3) is 11.3 Å². The lowest BCUT2D eigenvalue weighted by Gasteiger charge is -2.30. The first-order valence-electron chi connectivity index (χ1n) is 9.64. The van der Waals surface area contributed by atoms with Crippen molar-refractivity contribution >= 4 is 28.8 Å². The summed E-state index contributed by atoms with van der Waals surface area (Å²) in [6, 6.07) is 9.54. The van der Waals surface area contributed by atoms with Gasteiger partial charge in [0, 0.05) is 37.6 Å². The molecule has 1 amide bonds. The predicted octanol–water partition coefficient (Wildman–Crippen LogP) is 2.25. The van der Waals surface area contributed by atoms with Crippen molar-refractivity contribution in [2.24, 2.45) is 0 Å². The molecule has 0 spiro atoms. The van der Waals surface area contributed by atoms with Crippen LogP contribution in [0, 0.1) is 0 Å². The minimum absolute atomic E-state index is 0.0694. The highest BCUT2D eigenvalue weighted by Gasteiger charge is 2.19. The fourth-order valence-electron chi connectivity index (χ4n) is 3.26. The van der Waals surface area contributed by atoms with Crippen molar-refractivity contribution in [3.8, 4) is 11.3 Å². The van der Waals surface area contributed by atoms with Crippen molar-refractivity contribution in [2.45, 2.75) is 0 Å². The fourth-order valence-corrected chi connectivity index (χ4v) is 3.26. The molecule has 1 aromatic carbocycles. The Morgan fingerprint density at radius 3 is 2.63 bits per heavy atom. The highest BCUT2D eigenvalue weighted by molar-refractivity contribution is 6.07. The largest absolute Gasteiger partial charge is 0.388 e. The monoisotopic (exact) mass is 405 g/mol. The molecule has 30 heavy (non-hydrogen) atoms. The van der Waals surface area contributed by atoms with Gasteiger partial charge in [0.2, 0.25) is 0 Å². The van der Waals surface area contributed by atoms with Gasteiger partial charge in [-0.15, -0.1) is 0 Å². The number of nitrogen functional groups attached to an aromatic ring is 1. The highest BCUT2D eigenvalue weighted by atomic mass is 16.5. The summed E-state index contributed by atoms with van der Waals surface area (Å²) < 4.78 is 5.41. The van der Waals surface area contributed by atoms with Crippen LogP contribution in [0.2, 0.25) is 0 Å². The Kier molecular flexibility index (Phi) is 5.71. The van der Waals surface area contributed by atoms with E-state index in [2.05, 4.69) is 30.5 Å². The second-order valence-electron chi connectivity index (χ2n) is 6.76. The van der Waals surface area contributed by atoms with Gasteiger partial charge in [0.1, 0.15) is 0 Å². The molecule has 1 aliphatic heterocycles. The summed E-state index contributed by atoms with van der Waals surface area (Å²) in [5.74, 6) is -0.365. The maximum Gasteiger partial charge on any atom is 0.278 e. The fraction of sp³-hybridized carbons (Fsp3) is 0.238. The lowest BCUT2D eigenvalue weighted by atomic mass is 10.1. The normalized spacial score (nSPS) is 13.7. The van der Waals surface area contributed by atoms with Gasteiger partial charge in [0.25, 0.3) is 5.91 Å². The number of pyridine rings is 1. The molecule has 4 rings (SSSR count). The molecule has 2 aromatic heterocycles. The third-order valence-corrected chi connectivity index (χ3v) is 4.88. The van der Waals surface area contributed by atoms with Gasteiger partial charge in [-0.2, -0.15) is 0 Å². The van der Waals surface area contributed by atoms with Crippen LogP contribution in [0.4, 0.5) is 22.9 Å². The number of amides is 1. The minimum atomic E-state index is -0.434. The Morgan fingerprint density at radius 1 is 1.13 bits per heavy atom. The maximum absolute atomic E-state index is 13.0. The van der Waals surface area contributed by atoms with Crippen molar-refractivity contribution in [3.63, 3.8) is 0 Å². The molecule has 9 heteroatoms. The summed E-state index contributed by atoms with van der Waals surface area (Å²) in [6.45, 7) is 2.77. The Bertz CT molecular complexity index is 1030.